The van der Waals surface area contributed by atoms with E-state index in [1.807, 2.05) is 0 Å². The summed E-state index contributed by atoms with van der Waals surface area (Å²) in [4.78, 5) is 22.4. The van der Waals surface area contributed by atoms with E-state index in [9.17, 15) is 23.3 Å². The smallest absolute Gasteiger partial charge is 0.338 e. The molecule has 150 valence electrons. The number of benzene rings is 2. The van der Waals surface area contributed by atoms with Crippen LogP contribution in [0.2, 0.25) is 0 Å². The molecule has 0 unspecified atom stereocenters. The van der Waals surface area contributed by atoms with E-state index in [2.05, 4.69) is 4.72 Å². The van der Waals surface area contributed by atoms with Crippen LogP contribution >= 0.6 is 0 Å². The Morgan fingerprint density at radius 1 is 1.10 bits per heavy atom. The molecule has 9 nitrogen and oxygen atoms in total. The van der Waals surface area contributed by atoms with Crippen molar-refractivity contribution in [3.63, 3.8) is 0 Å². The van der Waals surface area contributed by atoms with E-state index in [0.29, 0.717) is 11.3 Å². The van der Waals surface area contributed by atoms with Gasteiger partial charge < -0.3 is 9.15 Å². The minimum Gasteiger partial charge on any atom is -0.468 e. The van der Waals surface area contributed by atoms with Crippen molar-refractivity contribution in [3.05, 3.63) is 93.9 Å². The Hall–Kier alpha value is -3.50. The van der Waals surface area contributed by atoms with Crippen LogP contribution in [0.5, 0.6) is 0 Å². The fourth-order valence-electron chi connectivity index (χ4n) is 2.42. The van der Waals surface area contributed by atoms with Gasteiger partial charge in [0.25, 0.3) is 5.69 Å². The minimum absolute atomic E-state index is 0.00232. The van der Waals surface area contributed by atoms with E-state index in [4.69, 9.17) is 9.15 Å². The third-order valence-electron chi connectivity index (χ3n) is 3.91. The van der Waals surface area contributed by atoms with Crippen LogP contribution < -0.4 is 4.72 Å². The Morgan fingerprint density at radius 2 is 1.86 bits per heavy atom. The highest BCUT2D eigenvalue weighted by molar-refractivity contribution is 7.89. The summed E-state index contributed by atoms with van der Waals surface area (Å²) in [6.07, 6.45) is 1.44. The molecule has 3 rings (SSSR count). The van der Waals surface area contributed by atoms with E-state index in [0.717, 1.165) is 0 Å². The van der Waals surface area contributed by atoms with E-state index in [1.54, 1.807) is 18.2 Å². The van der Waals surface area contributed by atoms with Gasteiger partial charge in [0.1, 0.15) is 12.4 Å². The standard InChI is InChI=1S/C19H16N2O7S/c22-19(28-13-14-3-1-4-16(11-14)21(23)24)15-6-8-18(9-7-15)29(25,26)20-12-17-5-2-10-27-17/h1-11,20H,12-13H2. The summed E-state index contributed by atoms with van der Waals surface area (Å²) in [6, 6.07) is 14.3. The lowest BCUT2D eigenvalue weighted by Gasteiger charge is -2.07. The molecule has 0 saturated heterocycles. The number of esters is 1. The van der Waals surface area contributed by atoms with E-state index < -0.39 is 20.9 Å². The third kappa shape index (κ3) is 5.27. The molecule has 3 aromatic rings. The van der Waals surface area contributed by atoms with Crippen molar-refractivity contribution in [1.29, 1.82) is 0 Å². The van der Waals surface area contributed by atoms with E-state index in [-0.39, 0.29) is 29.3 Å². The summed E-state index contributed by atoms with van der Waals surface area (Å²) in [5, 5.41) is 10.8. The van der Waals surface area contributed by atoms with Gasteiger partial charge in [0, 0.05) is 12.1 Å². The molecule has 0 aliphatic carbocycles. The van der Waals surface area contributed by atoms with Crippen LogP contribution in [0.3, 0.4) is 0 Å². The average Bonchev–Trinajstić information content (AvgIpc) is 3.25. The number of rotatable bonds is 8. The molecule has 2 aromatic carbocycles. The predicted octanol–water partition coefficient (Wildman–Crippen LogP) is 3.02. The van der Waals surface area contributed by atoms with Gasteiger partial charge in [0.15, 0.2) is 0 Å². The first-order chi connectivity index (χ1) is 13.8. The highest BCUT2D eigenvalue weighted by atomic mass is 32.2. The molecule has 0 aliphatic heterocycles. The second kappa shape index (κ2) is 8.67. The molecular formula is C19H16N2O7S. The molecule has 0 fully saturated rings. The number of sulfonamides is 1. The Labute approximate surface area is 166 Å². The molecule has 0 amide bonds. The zero-order chi connectivity index (χ0) is 20.9. The lowest BCUT2D eigenvalue weighted by molar-refractivity contribution is -0.384. The number of carbonyl (C=O) groups is 1. The zero-order valence-corrected chi connectivity index (χ0v) is 15.8. The number of nitro benzene ring substituents is 1. The van der Waals surface area contributed by atoms with Gasteiger partial charge in [-0.25, -0.2) is 17.9 Å². The van der Waals surface area contributed by atoms with Crippen molar-refractivity contribution >= 4 is 21.7 Å². The van der Waals surface area contributed by atoms with Gasteiger partial charge in [-0.2, -0.15) is 0 Å². The Kier molecular flexibility index (Phi) is 6.05. The lowest BCUT2D eigenvalue weighted by atomic mass is 10.2. The molecule has 29 heavy (non-hydrogen) atoms. The van der Waals surface area contributed by atoms with Crippen molar-refractivity contribution in [1.82, 2.24) is 4.72 Å². The maximum absolute atomic E-state index is 12.3. The third-order valence-corrected chi connectivity index (χ3v) is 5.33. The molecule has 0 aliphatic rings. The Balaban J connectivity index is 1.61. The van der Waals surface area contributed by atoms with Crippen molar-refractivity contribution < 1.29 is 27.3 Å². The van der Waals surface area contributed by atoms with Gasteiger partial charge in [-0.3, -0.25) is 10.1 Å². The molecule has 10 heteroatoms. The average molecular weight is 416 g/mol. The Morgan fingerprint density at radius 3 is 2.52 bits per heavy atom. The van der Waals surface area contributed by atoms with Crippen LogP contribution in [-0.2, 0) is 27.9 Å². The molecule has 1 N–H and O–H groups in total. The number of furan rings is 1. The number of hydrogen-bond donors (Lipinski definition) is 1. The summed E-state index contributed by atoms with van der Waals surface area (Å²) in [6.45, 7) is -0.145. The summed E-state index contributed by atoms with van der Waals surface area (Å²) < 4.78 is 37.2. The summed E-state index contributed by atoms with van der Waals surface area (Å²) in [7, 11) is -3.77. The molecule has 0 spiro atoms. The number of nitro groups is 1. The van der Waals surface area contributed by atoms with Crippen molar-refractivity contribution in [3.8, 4) is 0 Å². The first-order valence-electron chi connectivity index (χ1n) is 8.38. The first-order valence-corrected chi connectivity index (χ1v) is 9.86. The lowest BCUT2D eigenvalue weighted by Crippen LogP contribution is -2.23. The highest BCUT2D eigenvalue weighted by Gasteiger charge is 2.16. The molecule has 1 aromatic heterocycles. The number of hydrogen-bond acceptors (Lipinski definition) is 7. The van der Waals surface area contributed by atoms with Crippen molar-refractivity contribution in [2.24, 2.45) is 0 Å². The molecule has 0 saturated carbocycles. The second-order valence-corrected chi connectivity index (χ2v) is 7.70. The number of nitrogens with one attached hydrogen (secondary N) is 1. The SMILES string of the molecule is O=C(OCc1cccc([N+](=O)[O-])c1)c1ccc(S(=O)(=O)NCc2ccco2)cc1. The monoisotopic (exact) mass is 416 g/mol. The molecule has 0 bridgehead atoms. The minimum atomic E-state index is -3.77. The maximum atomic E-state index is 12.3. The normalized spacial score (nSPS) is 11.2. The van der Waals surface area contributed by atoms with Gasteiger partial charge in [-0.1, -0.05) is 12.1 Å². The van der Waals surface area contributed by atoms with Gasteiger partial charge in [0.05, 0.1) is 28.2 Å². The fourth-order valence-corrected chi connectivity index (χ4v) is 3.42. The Bertz CT molecular complexity index is 1110. The van der Waals surface area contributed by atoms with Crippen molar-refractivity contribution in [2.45, 2.75) is 18.0 Å². The van der Waals surface area contributed by atoms with Gasteiger partial charge in [0.2, 0.25) is 10.0 Å². The largest absolute Gasteiger partial charge is 0.468 e. The fraction of sp³-hybridized carbons (Fsp3) is 0.105. The summed E-state index contributed by atoms with van der Waals surface area (Å²) in [5.74, 6) is -0.209. The first kappa shape index (κ1) is 20.2. The van der Waals surface area contributed by atoms with Crippen LogP contribution in [0.1, 0.15) is 21.7 Å². The number of ether oxygens (including phenoxy) is 1. The van der Waals surface area contributed by atoms with E-state index >= 15 is 0 Å². The number of nitrogens with zero attached hydrogens (tertiary/aromatic N) is 1. The number of carbonyl (C=O) groups excluding carboxylic acids is 1. The van der Waals surface area contributed by atoms with Crippen LogP contribution in [0.4, 0.5) is 5.69 Å². The topological polar surface area (TPSA) is 129 Å². The second-order valence-electron chi connectivity index (χ2n) is 5.93. The highest BCUT2D eigenvalue weighted by Crippen LogP contribution is 2.16. The maximum Gasteiger partial charge on any atom is 0.338 e. The van der Waals surface area contributed by atoms with Gasteiger partial charge in [-0.15, -0.1) is 0 Å². The van der Waals surface area contributed by atoms with Gasteiger partial charge in [-0.05, 0) is 42.0 Å². The van der Waals surface area contributed by atoms with Crippen LogP contribution in [0.25, 0.3) is 0 Å². The molecule has 0 radical (unpaired) electrons. The van der Waals surface area contributed by atoms with Crippen LogP contribution in [-0.4, -0.2) is 19.3 Å². The summed E-state index contributed by atoms with van der Waals surface area (Å²) in [5.41, 5.74) is 0.518. The van der Waals surface area contributed by atoms with Gasteiger partial charge >= 0.3 is 5.97 Å². The van der Waals surface area contributed by atoms with Crippen LogP contribution in [0.15, 0.2) is 76.2 Å². The summed E-state index contributed by atoms with van der Waals surface area (Å²) >= 11 is 0. The van der Waals surface area contributed by atoms with E-state index in [1.165, 1.54) is 48.7 Å². The predicted molar refractivity (Wildman–Crippen MR) is 101 cm³/mol. The number of non-ortho nitro benzene ring substituents is 1. The molecule has 1 heterocycles. The quantitative estimate of drug-likeness (QED) is 0.339. The van der Waals surface area contributed by atoms with Crippen molar-refractivity contribution in [2.75, 3.05) is 0 Å². The zero-order valence-electron chi connectivity index (χ0n) is 15.0. The molecule has 0 atom stereocenters. The van der Waals surface area contributed by atoms with Crippen LogP contribution in [0, 0.1) is 10.1 Å². The molecular weight excluding hydrogens is 400 g/mol.